The van der Waals surface area contributed by atoms with Gasteiger partial charge in [0, 0.05) is 30.2 Å². The van der Waals surface area contributed by atoms with Gasteiger partial charge in [-0.05, 0) is 31.2 Å². The van der Waals surface area contributed by atoms with Crippen molar-refractivity contribution in [2.24, 2.45) is 0 Å². The van der Waals surface area contributed by atoms with E-state index in [4.69, 9.17) is 5.73 Å². The highest BCUT2D eigenvalue weighted by Crippen LogP contribution is 2.24. The summed E-state index contributed by atoms with van der Waals surface area (Å²) in [7, 11) is 0. The number of pyridine rings is 1. The molecule has 2 aromatic rings. The number of nitrogen functional groups attached to an aromatic ring is 1. The molecule has 0 aliphatic rings. The van der Waals surface area contributed by atoms with Crippen molar-refractivity contribution >= 4 is 17.2 Å². The molecule has 0 amide bonds. The zero-order valence-corrected chi connectivity index (χ0v) is 9.60. The van der Waals surface area contributed by atoms with E-state index in [0.29, 0.717) is 12.2 Å². The van der Waals surface area contributed by atoms with Gasteiger partial charge in [-0.2, -0.15) is 0 Å². The van der Waals surface area contributed by atoms with Gasteiger partial charge in [-0.15, -0.1) is 0 Å². The lowest BCUT2D eigenvalue weighted by atomic mass is 10.2. The summed E-state index contributed by atoms with van der Waals surface area (Å²) in [4.78, 5) is 6.14. The summed E-state index contributed by atoms with van der Waals surface area (Å²) in [5, 5.41) is 0. The number of halogens is 1. The molecule has 2 rings (SSSR count). The van der Waals surface area contributed by atoms with Crippen LogP contribution in [0.25, 0.3) is 0 Å². The van der Waals surface area contributed by atoms with Gasteiger partial charge in [0.25, 0.3) is 0 Å². The van der Waals surface area contributed by atoms with Crippen LogP contribution in [0.1, 0.15) is 6.92 Å². The van der Waals surface area contributed by atoms with Crippen molar-refractivity contribution < 1.29 is 4.39 Å². The first-order chi connectivity index (χ1) is 8.20. The summed E-state index contributed by atoms with van der Waals surface area (Å²) in [5.41, 5.74) is 7.13. The summed E-state index contributed by atoms with van der Waals surface area (Å²) in [6.07, 6.45) is 1.65. The highest BCUT2D eigenvalue weighted by atomic mass is 19.1. The van der Waals surface area contributed by atoms with E-state index in [-0.39, 0.29) is 5.82 Å². The lowest BCUT2D eigenvalue weighted by Gasteiger charge is -2.22. The topological polar surface area (TPSA) is 42.1 Å². The summed E-state index contributed by atoms with van der Waals surface area (Å²) < 4.78 is 13.2. The average molecular weight is 231 g/mol. The molecule has 0 saturated heterocycles. The predicted molar refractivity (Wildman–Crippen MR) is 67.7 cm³/mol. The van der Waals surface area contributed by atoms with Crippen LogP contribution < -0.4 is 10.6 Å². The van der Waals surface area contributed by atoms with Crippen LogP contribution in [0.5, 0.6) is 0 Å². The molecule has 0 aliphatic heterocycles. The van der Waals surface area contributed by atoms with Gasteiger partial charge in [0.05, 0.1) is 0 Å². The molecule has 0 aliphatic carbocycles. The Hall–Kier alpha value is -2.10. The van der Waals surface area contributed by atoms with Crippen LogP contribution in [-0.2, 0) is 0 Å². The maximum absolute atomic E-state index is 13.2. The first-order valence-corrected chi connectivity index (χ1v) is 5.45. The van der Waals surface area contributed by atoms with E-state index in [1.165, 1.54) is 12.1 Å². The summed E-state index contributed by atoms with van der Waals surface area (Å²) in [6, 6.07) is 9.92. The Balaban J connectivity index is 2.40. The zero-order valence-electron chi connectivity index (χ0n) is 9.60. The Morgan fingerprint density at radius 2 is 2.12 bits per heavy atom. The van der Waals surface area contributed by atoms with Crippen LogP contribution in [0.15, 0.2) is 42.6 Å². The highest BCUT2D eigenvalue weighted by molar-refractivity contribution is 5.62. The van der Waals surface area contributed by atoms with Crippen LogP contribution in [0, 0.1) is 5.82 Å². The van der Waals surface area contributed by atoms with E-state index in [0.717, 1.165) is 11.5 Å². The molecule has 0 spiro atoms. The third kappa shape index (κ3) is 2.53. The van der Waals surface area contributed by atoms with Crippen molar-refractivity contribution in [1.29, 1.82) is 0 Å². The van der Waals surface area contributed by atoms with E-state index < -0.39 is 0 Å². The molecule has 1 aromatic carbocycles. The molecule has 0 bridgehead atoms. The van der Waals surface area contributed by atoms with Crippen molar-refractivity contribution in [3.8, 4) is 0 Å². The maximum atomic E-state index is 13.2. The molecular formula is C13H14FN3. The Labute approximate surface area is 99.7 Å². The monoisotopic (exact) mass is 231 g/mol. The molecule has 0 atom stereocenters. The minimum atomic E-state index is -0.259. The fourth-order valence-electron chi connectivity index (χ4n) is 1.70. The quantitative estimate of drug-likeness (QED) is 0.883. The van der Waals surface area contributed by atoms with Crippen molar-refractivity contribution in [2.45, 2.75) is 6.92 Å². The van der Waals surface area contributed by atoms with Crippen molar-refractivity contribution in [1.82, 2.24) is 4.98 Å². The zero-order chi connectivity index (χ0) is 12.3. The summed E-state index contributed by atoms with van der Waals surface area (Å²) >= 11 is 0. The molecule has 4 heteroatoms. The number of hydrogen-bond donors (Lipinski definition) is 1. The lowest BCUT2D eigenvalue weighted by Crippen LogP contribution is -2.17. The molecule has 0 saturated carbocycles. The fraction of sp³-hybridized carbons (Fsp3) is 0.154. The molecule has 0 radical (unpaired) electrons. The molecule has 17 heavy (non-hydrogen) atoms. The van der Waals surface area contributed by atoms with Crippen LogP contribution >= 0.6 is 0 Å². The first-order valence-electron chi connectivity index (χ1n) is 5.45. The third-order valence-corrected chi connectivity index (χ3v) is 2.48. The van der Waals surface area contributed by atoms with E-state index in [1.54, 1.807) is 24.4 Å². The third-order valence-electron chi connectivity index (χ3n) is 2.48. The van der Waals surface area contributed by atoms with E-state index in [2.05, 4.69) is 4.98 Å². The normalized spacial score (nSPS) is 10.2. The highest BCUT2D eigenvalue weighted by Gasteiger charge is 2.09. The van der Waals surface area contributed by atoms with Crippen molar-refractivity contribution in [3.63, 3.8) is 0 Å². The molecule has 88 valence electrons. The van der Waals surface area contributed by atoms with Gasteiger partial charge < -0.3 is 10.6 Å². The molecule has 0 unspecified atom stereocenters. The number of nitrogens with two attached hydrogens (primary N) is 1. The number of benzene rings is 1. The van der Waals surface area contributed by atoms with Crippen LogP contribution in [0.4, 0.5) is 21.6 Å². The number of anilines is 3. The van der Waals surface area contributed by atoms with Crippen LogP contribution in [0.3, 0.4) is 0 Å². The minimum Gasteiger partial charge on any atom is -0.399 e. The Bertz CT molecular complexity index is 468. The summed E-state index contributed by atoms with van der Waals surface area (Å²) in [6.45, 7) is 2.68. The Morgan fingerprint density at radius 1 is 1.29 bits per heavy atom. The Kier molecular flexibility index (Phi) is 3.23. The molecule has 3 nitrogen and oxygen atoms in total. The van der Waals surface area contributed by atoms with Gasteiger partial charge in [-0.1, -0.05) is 6.07 Å². The van der Waals surface area contributed by atoms with Crippen LogP contribution in [0.2, 0.25) is 0 Å². The SMILES string of the molecule is CCN(c1cccc(F)c1)c1cc(N)ccn1. The minimum absolute atomic E-state index is 0.259. The molecule has 1 aromatic heterocycles. The molecule has 2 N–H and O–H groups in total. The van der Waals surface area contributed by atoms with Gasteiger partial charge >= 0.3 is 0 Å². The Morgan fingerprint density at radius 3 is 2.76 bits per heavy atom. The maximum Gasteiger partial charge on any atom is 0.134 e. The standard InChI is InChI=1S/C13H14FN3/c1-2-17(12-5-3-4-10(14)8-12)13-9-11(15)6-7-16-13/h3-9H,2H2,1H3,(H2,15,16). The van der Waals surface area contributed by atoms with Gasteiger partial charge in [0.15, 0.2) is 0 Å². The van der Waals surface area contributed by atoms with E-state index >= 15 is 0 Å². The van der Waals surface area contributed by atoms with Gasteiger partial charge in [-0.3, -0.25) is 0 Å². The largest absolute Gasteiger partial charge is 0.399 e. The average Bonchev–Trinajstić information content (AvgIpc) is 2.30. The van der Waals surface area contributed by atoms with Crippen molar-refractivity contribution in [3.05, 3.63) is 48.4 Å². The first kappa shape index (κ1) is 11.4. The molecular weight excluding hydrogens is 217 g/mol. The van der Waals surface area contributed by atoms with Gasteiger partial charge in [-0.25, -0.2) is 9.37 Å². The lowest BCUT2D eigenvalue weighted by molar-refractivity contribution is 0.627. The van der Waals surface area contributed by atoms with Crippen LogP contribution in [-0.4, -0.2) is 11.5 Å². The smallest absolute Gasteiger partial charge is 0.134 e. The number of aromatic nitrogens is 1. The number of rotatable bonds is 3. The predicted octanol–water partition coefficient (Wildman–Crippen LogP) is 2.96. The second-order valence-electron chi connectivity index (χ2n) is 3.67. The van der Waals surface area contributed by atoms with Crippen molar-refractivity contribution in [2.75, 3.05) is 17.2 Å². The van der Waals surface area contributed by atoms with E-state index in [1.807, 2.05) is 17.9 Å². The molecule has 1 heterocycles. The molecule has 0 fully saturated rings. The fourth-order valence-corrected chi connectivity index (χ4v) is 1.70. The summed E-state index contributed by atoms with van der Waals surface area (Å²) in [5.74, 6) is 0.461. The number of hydrogen-bond acceptors (Lipinski definition) is 3. The second kappa shape index (κ2) is 4.82. The van der Waals surface area contributed by atoms with Gasteiger partial charge in [0.1, 0.15) is 11.6 Å². The second-order valence-corrected chi connectivity index (χ2v) is 3.67. The van der Waals surface area contributed by atoms with E-state index in [9.17, 15) is 4.39 Å². The number of nitrogens with zero attached hydrogens (tertiary/aromatic N) is 2. The van der Waals surface area contributed by atoms with Gasteiger partial charge in [0.2, 0.25) is 0 Å².